The molecule has 0 amide bonds. The predicted octanol–water partition coefficient (Wildman–Crippen LogP) is 1.57. The van der Waals surface area contributed by atoms with Crippen molar-refractivity contribution in [1.29, 1.82) is 0 Å². The van der Waals surface area contributed by atoms with Crippen LogP contribution in [-0.4, -0.2) is 71.1 Å². The highest BCUT2D eigenvalue weighted by molar-refractivity contribution is 5.80. The largest absolute Gasteiger partial charge is 0.376 e. The van der Waals surface area contributed by atoms with Crippen LogP contribution in [0.25, 0.3) is 0 Å². The number of piperazine rings is 1. The summed E-state index contributed by atoms with van der Waals surface area (Å²) in [5.74, 6) is 2.72. The van der Waals surface area contributed by atoms with Crippen LogP contribution in [0.15, 0.2) is 35.3 Å². The molecular weight excluding hydrogens is 366 g/mol. The summed E-state index contributed by atoms with van der Waals surface area (Å²) in [7, 11) is 1.98. The third-order valence-electron chi connectivity index (χ3n) is 5.77. The van der Waals surface area contributed by atoms with Crippen molar-refractivity contribution in [2.45, 2.75) is 32.4 Å². The Morgan fingerprint density at radius 3 is 2.62 bits per heavy atom. The molecule has 1 aromatic carbocycles. The molecule has 3 heterocycles. The lowest BCUT2D eigenvalue weighted by molar-refractivity contribution is 0.113. The Labute approximate surface area is 172 Å². The predicted molar refractivity (Wildman–Crippen MR) is 114 cm³/mol. The van der Waals surface area contributed by atoms with Gasteiger partial charge in [0.05, 0.1) is 6.10 Å². The molecule has 1 unspecified atom stereocenters. The maximum atomic E-state index is 5.78. The molecule has 1 aromatic heterocycles. The van der Waals surface area contributed by atoms with Gasteiger partial charge < -0.3 is 24.4 Å². The highest BCUT2D eigenvalue weighted by atomic mass is 16.5. The maximum absolute atomic E-state index is 5.78. The molecule has 2 saturated heterocycles. The Morgan fingerprint density at radius 1 is 1.17 bits per heavy atom. The Balaban J connectivity index is 1.41. The molecule has 2 aromatic rings. The van der Waals surface area contributed by atoms with Gasteiger partial charge in [-0.2, -0.15) is 0 Å². The third kappa shape index (κ3) is 4.87. The number of aliphatic imine (C=N–C) groups is 1. The van der Waals surface area contributed by atoms with Gasteiger partial charge in [-0.25, -0.2) is 4.99 Å². The number of nitrogens with zero attached hydrogens (tertiary/aromatic N) is 6. The number of para-hydroxylation sites is 1. The summed E-state index contributed by atoms with van der Waals surface area (Å²) in [6.07, 6.45) is 2.54. The highest BCUT2D eigenvalue weighted by Crippen LogP contribution is 2.16. The third-order valence-corrected chi connectivity index (χ3v) is 5.77. The summed E-state index contributed by atoms with van der Waals surface area (Å²) < 4.78 is 7.77. The van der Waals surface area contributed by atoms with Crippen LogP contribution in [0.2, 0.25) is 0 Å². The van der Waals surface area contributed by atoms with Crippen LogP contribution in [0.1, 0.15) is 24.5 Å². The van der Waals surface area contributed by atoms with E-state index in [-0.39, 0.29) is 6.10 Å². The topological polar surface area (TPSA) is 70.8 Å². The Hall–Kier alpha value is -2.61. The first-order chi connectivity index (χ1) is 14.2. The van der Waals surface area contributed by atoms with Crippen molar-refractivity contribution in [2.24, 2.45) is 12.0 Å². The van der Waals surface area contributed by atoms with Gasteiger partial charge in [-0.1, -0.05) is 18.2 Å². The fourth-order valence-corrected chi connectivity index (χ4v) is 3.83. The van der Waals surface area contributed by atoms with Crippen LogP contribution in [0.3, 0.4) is 0 Å². The van der Waals surface area contributed by atoms with Crippen molar-refractivity contribution in [3.8, 4) is 0 Å². The molecule has 1 N–H and O–H groups in total. The summed E-state index contributed by atoms with van der Waals surface area (Å²) in [5.41, 5.74) is 1.28. The summed E-state index contributed by atoms with van der Waals surface area (Å²) in [5, 5.41) is 11.9. The molecule has 4 rings (SSSR count). The average Bonchev–Trinajstić information content (AvgIpc) is 3.40. The summed E-state index contributed by atoms with van der Waals surface area (Å²) in [6, 6.07) is 10.6. The van der Waals surface area contributed by atoms with E-state index in [1.165, 1.54) is 5.69 Å². The van der Waals surface area contributed by atoms with Gasteiger partial charge in [0.1, 0.15) is 12.4 Å². The zero-order chi connectivity index (χ0) is 20.1. The minimum atomic E-state index is 0.280. The second-order valence-electron chi connectivity index (χ2n) is 7.69. The number of hydrogen-bond acceptors (Lipinski definition) is 5. The van der Waals surface area contributed by atoms with Crippen LogP contribution >= 0.6 is 0 Å². The van der Waals surface area contributed by atoms with Crippen molar-refractivity contribution in [1.82, 2.24) is 25.0 Å². The van der Waals surface area contributed by atoms with E-state index in [4.69, 9.17) is 9.73 Å². The standard InChI is InChI=1S/C21H31N7O/c1-17-24-25-20(26(17)2)16-23-21(22-15-19-9-6-14-29-19)28-12-10-27(11-13-28)18-7-4-3-5-8-18/h3-5,7-8,19H,6,9-16H2,1-2H3,(H,22,23). The molecular formula is C21H31N7O. The Kier molecular flexibility index (Phi) is 6.29. The van der Waals surface area contributed by atoms with Gasteiger partial charge in [-0.05, 0) is 31.9 Å². The summed E-state index contributed by atoms with van der Waals surface area (Å²) in [6.45, 7) is 7.97. The van der Waals surface area contributed by atoms with E-state index in [2.05, 4.69) is 55.6 Å². The molecule has 0 aliphatic carbocycles. The van der Waals surface area contributed by atoms with Gasteiger partial charge in [0.2, 0.25) is 0 Å². The smallest absolute Gasteiger partial charge is 0.194 e. The number of hydrogen-bond donors (Lipinski definition) is 1. The number of aryl methyl sites for hydroxylation is 1. The van der Waals surface area contributed by atoms with Crippen molar-refractivity contribution in [3.05, 3.63) is 42.0 Å². The first kappa shape index (κ1) is 19.7. The van der Waals surface area contributed by atoms with Crippen molar-refractivity contribution >= 4 is 11.6 Å². The van der Waals surface area contributed by atoms with Crippen LogP contribution in [0, 0.1) is 6.92 Å². The van der Waals surface area contributed by atoms with Crippen LogP contribution < -0.4 is 10.2 Å². The van der Waals surface area contributed by atoms with Crippen molar-refractivity contribution < 1.29 is 4.74 Å². The zero-order valence-corrected chi connectivity index (χ0v) is 17.4. The van der Waals surface area contributed by atoms with Gasteiger partial charge in [0.25, 0.3) is 0 Å². The average molecular weight is 398 g/mol. The summed E-state index contributed by atoms with van der Waals surface area (Å²) in [4.78, 5) is 9.66. The van der Waals surface area contributed by atoms with Gasteiger partial charge in [0, 0.05) is 52.1 Å². The molecule has 0 radical (unpaired) electrons. The van der Waals surface area contributed by atoms with E-state index in [0.29, 0.717) is 6.54 Å². The normalized spacial score (nSPS) is 20.3. The lowest BCUT2D eigenvalue weighted by atomic mass is 10.2. The molecule has 1 atom stereocenters. The van der Waals surface area contributed by atoms with E-state index >= 15 is 0 Å². The minimum Gasteiger partial charge on any atom is -0.376 e. The highest BCUT2D eigenvalue weighted by Gasteiger charge is 2.22. The fourth-order valence-electron chi connectivity index (χ4n) is 3.83. The minimum absolute atomic E-state index is 0.280. The van der Waals surface area contributed by atoms with Crippen LogP contribution in [0.5, 0.6) is 0 Å². The van der Waals surface area contributed by atoms with Gasteiger partial charge in [-0.15, -0.1) is 10.2 Å². The molecule has 0 bridgehead atoms. The number of aromatic nitrogens is 3. The van der Waals surface area contributed by atoms with Crippen LogP contribution in [0.4, 0.5) is 5.69 Å². The van der Waals surface area contributed by atoms with Gasteiger partial charge in [0.15, 0.2) is 11.8 Å². The lowest BCUT2D eigenvalue weighted by Gasteiger charge is -2.38. The van der Waals surface area contributed by atoms with E-state index < -0.39 is 0 Å². The molecule has 2 fully saturated rings. The van der Waals surface area contributed by atoms with E-state index in [0.717, 1.165) is 69.8 Å². The fraction of sp³-hybridized carbons (Fsp3) is 0.571. The molecule has 8 heteroatoms. The first-order valence-corrected chi connectivity index (χ1v) is 10.5. The summed E-state index contributed by atoms with van der Waals surface area (Å²) >= 11 is 0. The first-order valence-electron chi connectivity index (χ1n) is 10.5. The SMILES string of the molecule is Cc1nnc(CN=C(NCC2CCCO2)N2CCN(c3ccccc3)CC2)n1C. The number of benzene rings is 1. The molecule has 0 saturated carbocycles. The van der Waals surface area contributed by atoms with Gasteiger partial charge >= 0.3 is 0 Å². The number of nitrogens with one attached hydrogen (secondary N) is 1. The number of ether oxygens (including phenoxy) is 1. The zero-order valence-electron chi connectivity index (χ0n) is 17.4. The molecule has 29 heavy (non-hydrogen) atoms. The molecule has 156 valence electrons. The Bertz CT molecular complexity index is 806. The molecule has 2 aliphatic rings. The Morgan fingerprint density at radius 2 is 1.97 bits per heavy atom. The van der Waals surface area contributed by atoms with Crippen molar-refractivity contribution in [3.63, 3.8) is 0 Å². The monoisotopic (exact) mass is 397 g/mol. The molecule has 2 aliphatic heterocycles. The second kappa shape index (κ2) is 9.26. The molecule has 0 spiro atoms. The number of guanidine groups is 1. The quantitative estimate of drug-likeness (QED) is 0.610. The second-order valence-corrected chi connectivity index (χ2v) is 7.69. The maximum Gasteiger partial charge on any atom is 0.194 e. The van der Waals surface area contributed by atoms with E-state index in [1.54, 1.807) is 0 Å². The molecule has 8 nitrogen and oxygen atoms in total. The van der Waals surface area contributed by atoms with Crippen molar-refractivity contribution in [2.75, 3.05) is 44.2 Å². The number of anilines is 1. The number of rotatable bonds is 5. The van der Waals surface area contributed by atoms with Gasteiger partial charge in [-0.3, -0.25) is 0 Å². The van der Waals surface area contributed by atoms with Crippen LogP contribution in [-0.2, 0) is 18.3 Å². The van der Waals surface area contributed by atoms with E-state index in [1.807, 2.05) is 18.5 Å². The lowest BCUT2D eigenvalue weighted by Crippen LogP contribution is -2.53. The van der Waals surface area contributed by atoms with E-state index in [9.17, 15) is 0 Å².